The SMILES string of the molecule is Fc1ccc(F)c(COc2cccc(Br)c2)c1. The zero-order valence-corrected chi connectivity index (χ0v) is 10.4. The molecule has 0 atom stereocenters. The number of hydrogen-bond donors (Lipinski definition) is 0. The fourth-order valence-electron chi connectivity index (χ4n) is 1.37. The molecule has 88 valence electrons. The number of hydrogen-bond acceptors (Lipinski definition) is 1. The summed E-state index contributed by atoms with van der Waals surface area (Å²) in [6, 6.07) is 10.5. The van der Waals surface area contributed by atoms with Crippen molar-refractivity contribution >= 4 is 15.9 Å². The molecule has 0 unspecified atom stereocenters. The minimum atomic E-state index is -0.473. The van der Waals surface area contributed by atoms with Gasteiger partial charge in [-0.25, -0.2) is 8.78 Å². The molecule has 0 N–H and O–H groups in total. The lowest BCUT2D eigenvalue weighted by Gasteiger charge is -2.07. The van der Waals surface area contributed by atoms with Crippen molar-refractivity contribution < 1.29 is 13.5 Å². The van der Waals surface area contributed by atoms with Crippen LogP contribution in [0.25, 0.3) is 0 Å². The van der Waals surface area contributed by atoms with Crippen molar-refractivity contribution in [3.05, 3.63) is 64.1 Å². The van der Waals surface area contributed by atoms with E-state index in [1.165, 1.54) is 0 Å². The predicted molar refractivity (Wildman–Crippen MR) is 64.8 cm³/mol. The van der Waals surface area contributed by atoms with Gasteiger partial charge in [0, 0.05) is 10.0 Å². The first kappa shape index (κ1) is 12.0. The maximum absolute atomic E-state index is 13.3. The summed E-state index contributed by atoms with van der Waals surface area (Å²) in [5.74, 6) is -0.344. The van der Waals surface area contributed by atoms with E-state index in [-0.39, 0.29) is 12.2 Å². The minimum absolute atomic E-state index is 0.0000463. The van der Waals surface area contributed by atoms with Crippen LogP contribution < -0.4 is 4.74 Å². The summed E-state index contributed by atoms with van der Waals surface area (Å²) in [7, 11) is 0. The quantitative estimate of drug-likeness (QED) is 0.820. The second kappa shape index (κ2) is 5.27. The summed E-state index contributed by atoms with van der Waals surface area (Å²) >= 11 is 3.30. The second-order valence-corrected chi connectivity index (χ2v) is 4.40. The Hall–Kier alpha value is -1.42. The highest BCUT2D eigenvalue weighted by atomic mass is 79.9. The molecule has 0 aliphatic rings. The van der Waals surface area contributed by atoms with Crippen molar-refractivity contribution in [2.75, 3.05) is 0 Å². The van der Waals surface area contributed by atoms with Gasteiger partial charge in [-0.1, -0.05) is 22.0 Å². The molecule has 0 saturated heterocycles. The van der Waals surface area contributed by atoms with Gasteiger partial charge in [-0.05, 0) is 36.4 Å². The van der Waals surface area contributed by atoms with Crippen molar-refractivity contribution in [2.45, 2.75) is 6.61 Å². The first-order valence-corrected chi connectivity index (χ1v) is 5.77. The van der Waals surface area contributed by atoms with Crippen LogP contribution in [-0.2, 0) is 6.61 Å². The molecule has 2 aromatic carbocycles. The lowest BCUT2D eigenvalue weighted by Crippen LogP contribution is -1.99. The van der Waals surface area contributed by atoms with Crippen molar-refractivity contribution in [1.29, 1.82) is 0 Å². The summed E-state index contributed by atoms with van der Waals surface area (Å²) in [6.07, 6.45) is 0. The Morgan fingerprint density at radius 1 is 1.06 bits per heavy atom. The van der Waals surface area contributed by atoms with Crippen molar-refractivity contribution in [1.82, 2.24) is 0 Å². The van der Waals surface area contributed by atoms with E-state index in [1.54, 1.807) is 18.2 Å². The van der Waals surface area contributed by atoms with Crippen LogP contribution >= 0.6 is 15.9 Å². The summed E-state index contributed by atoms with van der Waals surface area (Å²) in [6.45, 7) is 0.0000463. The van der Waals surface area contributed by atoms with Crippen LogP contribution in [0.3, 0.4) is 0 Å². The molecule has 0 aromatic heterocycles. The Morgan fingerprint density at radius 3 is 2.65 bits per heavy atom. The molecule has 2 rings (SSSR count). The molecule has 17 heavy (non-hydrogen) atoms. The Labute approximate surface area is 106 Å². The van der Waals surface area contributed by atoms with Crippen molar-refractivity contribution in [2.24, 2.45) is 0 Å². The number of benzene rings is 2. The molecule has 2 aromatic rings. The van der Waals surface area contributed by atoms with Gasteiger partial charge in [0.05, 0.1) is 0 Å². The summed E-state index contributed by atoms with van der Waals surface area (Å²) in [5, 5.41) is 0. The highest BCUT2D eigenvalue weighted by Crippen LogP contribution is 2.19. The molecular weight excluding hydrogens is 290 g/mol. The molecule has 0 radical (unpaired) electrons. The summed E-state index contributed by atoms with van der Waals surface area (Å²) in [4.78, 5) is 0. The monoisotopic (exact) mass is 298 g/mol. The molecule has 0 bridgehead atoms. The zero-order valence-electron chi connectivity index (χ0n) is 8.79. The van der Waals surface area contributed by atoms with E-state index in [1.807, 2.05) is 6.07 Å². The molecular formula is C13H9BrF2O. The standard InChI is InChI=1S/C13H9BrF2O/c14-10-2-1-3-12(7-10)17-8-9-6-11(15)4-5-13(9)16/h1-7H,8H2. The fourth-order valence-corrected chi connectivity index (χ4v) is 1.75. The third-order valence-corrected chi connectivity index (χ3v) is 2.69. The van der Waals surface area contributed by atoms with Crippen LogP contribution in [-0.4, -0.2) is 0 Å². The van der Waals surface area contributed by atoms with Crippen LogP contribution in [0.1, 0.15) is 5.56 Å². The highest BCUT2D eigenvalue weighted by Gasteiger charge is 2.04. The normalized spacial score (nSPS) is 10.3. The van der Waals surface area contributed by atoms with Gasteiger partial charge in [-0.15, -0.1) is 0 Å². The van der Waals surface area contributed by atoms with Gasteiger partial charge in [-0.2, -0.15) is 0 Å². The third-order valence-electron chi connectivity index (χ3n) is 2.20. The maximum atomic E-state index is 13.3. The Bertz CT molecular complexity index is 529. The van der Waals surface area contributed by atoms with E-state index < -0.39 is 11.6 Å². The molecule has 0 spiro atoms. The molecule has 0 aliphatic carbocycles. The third kappa shape index (κ3) is 3.27. The van der Waals surface area contributed by atoms with Crippen molar-refractivity contribution in [3.8, 4) is 5.75 Å². The molecule has 0 heterocycles. The Balaban J connectivity index is 2.09. The first-order chi connectivity index (χ1) is 8.15. The van der Waals surface area contributed by atoms with Crippen LogP contribution in [0.5, 0.6) is 5.75 Å². The number of rotatable bonds is 3. The van der Waals surface area contributed by atoms with Gasteiger partial charge >= 0.3 is 0 Å². The maximum Gasteiger partial charge on any atom is 0.130 e. The van der Waals surface area contributed by atoms with E-state index in [2.05, 4.69) is 15.9 Å². The lowest BCUT2D eigenvalue weighted by atomic mass is 10.2. The van der Waals surface area contributed by atoms with Crippen molar-refractivity contribution in [3.63, 3.8) is 0 Å². The molecule has 0 amide bonds. The Kier molecular flexibility index (Phi) is 3.74. The van der Waals surface area contributed by atoms with Crippen LogP contribution in [0.2, 0.25) is 0 Å². The fraction of sp³-hybridized carbons (Fsp3) is 0.0769. The van der Waals surface area contributed by atoms with Gasteiger partial charge in [0.1, 0.15) is 24.0 Å². The smallest absolute Gasteiger partial charge is 0.130 e. The highest BCUT2D eigenvalue weighted by molar-refractivity contribution is 9.10. The topological polar surface area (TPSA) is 9.23 Å². The largest absolute Gasteiger partial charge is 0.489 e. The zero-order chi connectivity index (χ0) is 12.3. The van der Waals surface area contributed by atoms with Crippen LogP contribution in [0.15, 0.2) is 46.9 Å². The van der Waals surface area contributed by atoms with E-state index >= 15 is 0 Å². The van der Waals surface area contributed by atoms with E-state index in [0.717, 1.165) is 22.7 Å². The molecule has 4 heteroatoms. The average molecular weight is 299 g/mol. The van der Waals surface area contributed by atoms with E-state index in [0.29, 0.717) is 5.75 Å². The number of halogens is 3. The van der Waals surface area contributed by atoms with Gasteiger partial charge in [0.25, 0.3) is 0 Å². The minimum Gasteiger partial charge on any atom is -0.489 e. The summed E-state index contributed by atoms with van der Waals surface area (Å²) < 4.78 is 32.4. The van der Waals surface area contributed by atoms with Crippen LogP contribution in [0.4, 0.5) is 8.78 Å². The first-order valence-electron chi connectivity index (χ1n) is 4.97. The number of ether oxygens (including phenoxy) is 1. The van der Waals surface area contributed by atoms with Gasteiger partial charge in [0.15, 0.2) is 0 Å². The molecule has 0 fully saturated rings. The molecule has 1 nitrogen and oxygen atoms in total. The molecule has 0 saturated carbocycles. The van der Waals surface area contributed by atoms with Crippen LogP contribution in [0, 0.1) is 11.6 Å². The lowest BCUT2D eigenvalue weighted by molar-refractivity contribution is 0.299. The Morgan fingerprint density at radius 2 is 1.88 bits per heavy atom. The average Bonchev–Trinajstić information content (AvgIpc) is 2.30. The molecule has 0 aliphatic heterocycles. The van der Waals surface area contributed by atoms with Gasteiger partial charge in [0.2, 0.25) is 0 Å². The van der Waals surface area contributed by atoms with Gasteiger partial charge < -0.3 is 4.74 Å². The van der Waals surface area contributed by atoms with Gasteiger partial charge in [-0.3, -0.25) is 0 Å². The second-order valence-electron chi connectivity index (χ2n) is 3.48. The van der Waals surface area contributed by atoms with E-state index in [4.69, 9.17) is 4.74 Å². The summed E-state index contributed by atoms with van der Waals surface area (Å²) in [5.41, 5.74) is 0.199. The van der Waals surface area contributed by atoms with E-state index in [9.17, 15) is 8.78 Å². The predicted octanol–water partition coefficient (Wildman–Crippen LogP) is 4.31.